The van der Waals surface area contributed by atoms with Crippen LogP contribution in [0.15, 0.2) is 30.3 Å². The van der Waals surface area contributed by atoms with Crippen LogP contribution in [0.2, 0.25) is 0 Å². The van der Waals surface area contributed by atoms with Gasteiger partial charge in [0, 0.05) is 5.69 Å². The van der Waals surface area contributed by atoms with Crippen LogP contribution in [0.4, 0.5) is 43.4 Å². The molecule has 0 aromatic heterocycles. The Bertz CT molecular complexity index is 681. The number of hydrogen-bond acceptors (Lipinski definition) is 2. The minimum atomic E-state index is -4.91. The summed E-state index contributed by atoms with van der Waals surface area (Å²) in [5.74, 6) is -4.03. The van der Waals surface area contributed by atoms with Crippen molar-refractivity contribution in [3.63, 3.8) is 0 Å². The van der Waals surface area contributed by atoms with Crippen molar-refractivity contribution in [1.29, 1.82) is 0 Å². The number of nitrogens with one attached hydrogen (secondary N) is 1. The zero-order valence-electron chi connectivity index (χ0n) is 10.2. The van der Waals surface area contributed by atoms with Crippen molar-refractivity contribution in [1.82, 2.24) is 0 Å². The highest BCUT2D eigenvalue weighted by atomic mass is 19.4. The van der Waals surface area contributed by atoms with Gasteiger partial charge in [-0.15, -0.1) is 0 Å². The van der Waals surface area contributed by atoms with Crippen molar-refractivity contribution < 1.29 is 26.3 Å². The minimum Gasteiger partial charge on any atom is -0.397 e. The number of nitrogen functional groups attached to an aromatic ring is 1. The van der Waals surface area contributed by atoms with Gasteiger partial charge in [-0.25, -0.2) is 13.2 Å². The van der Waals surface area contributed by atoms with Crippen LogP contribution in [0.1, 0.15) is 5.56 Å². The average Bonchev–Trinajstić information content (AvgIpc) is 2.40. The lowest BCUT2D eigenvalue weighted by Gasteiger charge is -2.13. The van der Waals surface area contributed by atoms with Crippen LogP contribution in [0.25, 0.3) is 0 Å². The third-order valence-electron chi connectivity index (χ3n) is 2.67. The highest BCUT2D eigenvalue weighted by molar-refractivity contribution is 5.73. The van der Waals surface area contributed by atoms with E-state index >= 15 is 0 Å². The Balaban J connectivity index is 2.44. The summed E-state index contributed by atoms with van der Waals surface area (Å²) in [7, 11) is 0. The van der Waals surface area contributed by atoms with E-state index in [2.05, 4.69) is 5.32 Å². The Labute approximate surface area is 115 Å². The quantitative estimate of drug-likeness (QED) is 0.635. The summed E-state index contributed by atoms with van der Waals surface area (Å²) in [6, 6.07) is 3.79. The van der Waals surface area contributed by atoms with Crippen molar-refractivity contribution in [2.45, 2.75) is 6.18 Å². The molecule has 21 heavy (non-hydrogen) atoms. The van der Waals surface area contributed by atoms with Gasteiger partial charge in [0.1, 0.15) is 11.5 Å². The van der Waals surface area contributed by atoms with Gasteiger partial charge in [-0.1, -0.05) is 0 Å². The number of nitrogens with two attached hydrogens (primary N) is 1. The Morgan fingerprint density at radius 1 is 0.905 bits per heavy atom. The fraction of sp³-hybridized carbons (Fsp3) is 0.0769. The third-order valence-corrected chi connectivity index (χ3v) is 2.67. The Morgan fingerprint density at radius 3 is 2.14 bits per heavy atom. The van der Waals surface area contributed by atoms with Crippen LogP contribution in [-0.4, -0.2) is 0 Å². The number of halogens is 6. The summed E-state index contributed by atoms with van der Waals surface area (Å²) in [6.45, 7) is 0. The fourth-order valence-corrected chi connectivity index (χ4v) is 1.66. The second-order valence-corrected chi connectivity index (χ2v) is 4.14. The van der Waals surface area contributed by atoms with Crippen molar-refractivity contribution >= 4 is 17.1 Å². The Kier molecular flexibility index (Phi) is 3.71. The van der Waals surface area contributed by atoms with Crippen LogP contribution in [-0.2, 0) is 6.18 Å². The fourth-order valence-electron chi connectivity index (χ4n) is 1.66. The molecule has 112 valence electrons. The second-order valence-electron chi connectivity index (χ2n) is 4.14. The summed E-state index contributed by atoms with van der Waals surface area (Å²) in [5.41, 5.74) is 2.90. The maximum absolute atomic E-state index is 13.5. The van der Waals surface area contributed by atoms with Crippen molar-refractivity contribution in [3.05, 3.63) is 53.3 Å². The molecular weight excluding hydrogens is 298 g/mol. The highest BCUT2D eigenvalue weighted by Crippen LogP contribution is 2.35. The molecule has 2 rings (SSSR count). The summed E-state index contributed by atoms with van der Waals surface area (Å²) in [5, 5.41) is 2.21. The first-order valence-corrected chi connectivity index (χ1v) is 5.57. The average molecular weight is 306 g/mol. The predicted molar refractivity (Wildman–Crippen MR) is 65.5 cm³/mol. The molecule has 0 bridgehead atoms. The van der Waals surface area contributed by atoms with E-state index in [0.29, 0.717) is 12.1 Å². The molecule has 0 radical (unpaired) electrons. The molecule has 0 aliphatic rings. The van der Waals surface area contributed by atoms with Gasteiger partial charge in [0.25, 0.3) is 0 Å². The number of alkyl halides is 3. The van der Waals surface area contributed by atoms with Crippen LogP contribution in [0.5, 0.6) is 0 Å². The zero-order valence-corrected chi connectivity index (χ0v) is 10.2. The molecule has 0 atom stereocenters. The first-order chi connectivity index (χ1) is 9.70. The molecule has 0 aliphatic heterocycles. The Hall–Kier alpha value is -2.38. The number of benzene rings is 2. The normalized spacial score (nSPS) is 11.5. The number of anilines is 3. The van der Waals surface area contributed by atoms with Crippen molar-refractivity contribution in [2.75, 3.05) is 11.1 Å². The summed E-state index contributed by atoms with van der Waals surface area (Å²) >= 11 is 0. The molecule has 0 aliphatic carbocycles. The largest absolute Gasteiger partial charge is 0.419 e. The molecular formula is C13H8F6N2. The van der Waals surface area contributed by atoms with Gasteiger partial charge in [-0.05, 0) is 30.3 Å². The molecule has 2 aromatic carbocycles. The third kappa shape index (κ3) is 3.04. The van der Waals surface area contributed by atoms with Gasteiger partial charge in [-0.3, -0.25) is 0 Å². The van der Waals surface area contributed by atoms with E-state index in [-0.39, 0.29) is 11.4 Å². The molecule has 2 nitrogen and oxygen atoms in total. The van der Waals surface area contributed by atoms with E-state index in [1.165, 1.54) is 0 Å². The van der Waals surface area contributed by atoms with Gasteiger partial charge in [0.2, 0.25) is 0 Å². The first kappa shape index (κ1) is 15.0. The molecule has 0 saturated carbocycles. The van der Waals surface area contributed by atoms with Crippen LogP contribution < -0.4 is 11.1 Å². The molecule has 2 aromatic rings. The van der Waals surface area contributed by atoms with Gasteiger partial charge >= 0.3 is 6.18 Å². The van der Waals surface area contributed by atoms with Crippen LogP contribution >= 0.6 is 0 Å². The lowest BCUT2D eigenvalue weighted by molar-refractivity contribution is -0.139. The van der Waals surface area contributed by atoms with Gasteiger partial charge in [0.05, 0.1) is 11.3 Å². The van der Waals surface area contributed by atoms with Crippen molar-refractivity contribution in [3.8, 4) is 0 Å². The summed E-state index contributed by atoms with van der Waals surface area (Å²) in [6.07, 6.45) is -4.91. The van der Waals surface area contributed by atoms with Crippen LogP contribution in [0.3, 0.4) is 0 Å². The molecule has 0 amide bonds. The zero-order chi connectivity index (χ0) is 15.8. The SMILES string of the molecule is Nc1ccc(F)c(F)c1Nc1ccc(F)c(C(F)(F)F)c1. The second kappa shape index (κ2) is 5.19. The topological polar surface area (TPSA) is 38.0 Å². The van der Waals surface area contributed by atoms with Crippen molar-refractivity contribution in [2.24, 2.45) is 0 Å². The molecule has 0 saturated heterocycles. The first-order valence-electron chi connectivity index (χ1n) is 5.57. The maximum atomic E-state index is 13.5. The van der Waals surface area contributed by atoms with Gasteiger partial charge in [0.15, 0.2) is 11.6 Å². The van der Waals surface area contributed by atoms with E-state index < -0.39 is 34.9 Å². The standard InChI is InChI=1S/C13H8F6N2/c14-8-2-1-6(5-7(8)13(17,18)19)21-12-10(20)4-3-9(15)11(12)16/h1-5,21H,20H2. The smallest absolute Gasteiger partial charge is 0.397 e. The van der Waals surface area contributed by atoms with E-state index in [1.54, 1.807) is 0 Å². The minimum absolute atomic E-state index is 0.202. The molecule has 3 N–H and O–H groups in total. The van der Waals surface area contributed by atoms with E-state index in [4.69, 9.17) is 5.73 Å². The maximum Gasteiger partial charge on any atom is 0.419 e. The molecule has 0 fully saturated rings. The predicted octanol–water partition coefficient (Wildman–Crippen LogP) is 4.45. The summed E-state index contributed by atoms with van der Waals surface area (Å²) < 4.78 is 77.4. The van der Waals surface area contributed by atoms with E-state index in [9.17, 15) is 26.3 Å². The summed E-state index contributed by atoms with van der Waals surface area (Å²) in [4.78, 5) is 0. The Morgan fingerprint density at radius 2 is 1.52 bits per heavy atom. The van der Waals surface area contributed by atoms with Gasteiger partial charge < -0.3 is 11.1 Å². The van der Waals surface area contributed by atoms with Gasteiger partial charge in [-0.2, -0.15) is 13.2 Å². The highest BCUT2D eigenvalue weighted by Gasteiger charge is 2.34. The number of rotatable bonds is 2. The number of hydrogen-bond donors (Lipinski definition) is 2. The van der Waals surface area contributed by atoms with Crippen LogP contribution in [0, 0.1) is 17.5 Å². The molecule has 0 spiro atoms. The molecule has 8 heteroatoms. The lowest BCUT2D eigenvalue weighted by Crippen LogP contribution is -2.09. The molecule has 0 unspecified atom stereocenters. The van der Waals surface area contributed by atoms with E-state index in [1.807, 2.05) is 0 Å². The lowest BCUT2D eigenvalue weighted by atomic mass is 10.1. The van der Waals surface area contributed by atoms with E-state index in [0.717, 1.165) is 18.2 Å². The monoisotopic (exact) mass is 306 g/mol. The molecule has 0 heterocycles.